The molecule has 13 heavy (non-hydrogen) atoms. The highest BCUT2D eigenvalue weighted by Gasteiger charge is 2.21. The summed E-state index contributed by atoms with van der Waals surface area (Å²) in [6.45, 7) is 6.03. The van der Waals surface area contributed by atoms with Crippen molar-refractivity contribution in [2.45, 2.75) is 26.2 Å². The average Bonchev–Trinajstić information content (AvgIpc) is 2.29. The normalized spacial score (nSPS) is 11.6. The Morgan fingerprint density at radius 1 is 1.54 bits per heavy atom. The van der Waals surface area contributed by atoms with Crippen LogP contribution >= 0.6 is 11.3 Å². The van der Waals surface area contributed by atoms with Gasteiger partial charge in [-0.1, -0.05) is 20.8 Å². The summed E-state index contributed by atoms with van der Waals surface area (Å²) in [5, 5.41) is 9.34. The van der Waals surface area contributed by atoms with Crippen LogP contribution in [0.5, 0.6) is 0 Å². The van der Waals surface area contributed by atoms with Crippen LogP contribution in [0.4, 0.5) is 5.00 Å². The minimum atomic E-state index is -0.910. The van der Waals surface area contributed by atoms with Crippen LogP contribution in [0.1, 0.15) is 36.0 Å². The molecule has 1 aromatic heterocycles. The lowest BCUT2D eigenvalue weighted by Gasteiger charge is -2.17. The Kier molecular flexibility index (Phi) is 2.34. The molecule has 4 heteroatoms. The lowest BCUT2D eigenvalue weighted by Crippen LogP contribution is -2.11. The smallest absolute Gasteiger partial charge is 0.345 e. The summed E-state index contributed by atoms with van der Waals surface area (Å²) in [6, 6.07) is 1.66. The molecule has 0 saturated heterocycles. The van der Waals surface area contributed by atoms with Gasteiger partial charge in [0, 0.05) is 0 Å². The first-order valence-electron chi connectivity index (χ1n) is 3.95. The van der Waals surface area contributed by atoms with Crippen molar-refractivity contribution in [2.75, 3.05) is 5.73 Å². The van der Waals surface area contributed by atoms with E-state index in [0.717, 1.165) is 16.9 Å². The van der Waals surface area contributed by atoms with Gasteiger partial charge in [0.25, 0.3) is 0 Å². The predicted molar refractivity (Wildman–Crippen MR) is 54.4 cm³/mol. The van der Waals surface area contributed by atoms with E-state index in [9.17, 15) is 4.79 Å². The number of rotatable bonds is 1. The average molecular weight is 199 g/mol. The molecule has 0 spiro atoms. The van der Waals surface area contributed by atoms with Crippen LogP contribution < -0.4 is 5.73 Å². The predicted octanol–water partition coefficient (Wildman–Crippen LogP) is 2.33. The van der Waals surface area contributed by atoms with E-state index >= 15 is 0 Å². The zero-order chi connectivity index (χ0) is 10.2. The van der Waals surface area contributed by atoms with Gasteiger partial charge in [0.15, 0.2) is 0 Å². The first-order chi connectivity index (χ1) is 5.82. The van der Waals surface area contributed by atoms with Gasteiger partial charge in [-0.25, -0.2) is 4.79 Å². The number of hydrogen-bond donors (Lipinski definition) is 2. The first kappa shape index (κ1) is 10.1. The van der Waals surface area contributed by atoms with Crippen molar-refractivity contribution in [3.05, 3.63) is 16.5 Å². The molecular weight excluding hydrogens is 186 g/mol. The van der Waals surface area contributed by atoms with Crippen LogP contribution in [0.25, 0.3) is 0 Å². The van der Waals surface area contributed by atoms with Crippen LogP contribution in [0, 0.1) is 0 Å². The van der Waals surface area contributed by atoms with E-state index in [2.05, 4.69) is 0 Å². The molecule has 1 heterocycles. The molecular formula is C9H13NO2S. The van der Waals surface area contributed by atoms with E-state index in [0.29, 0.717) is 9.88 Å². The van der Waals surface area contributed by atoms with E-state index in [-0.39, 0.29) is 5.41 Å². The minimum absolute atomic E-state index is 0.0890. The van der Waals surface area contributed by atoms with Crippen LogP contribution in [-0.2, 0) is 5.41 Å². The summed E-state index contributed by atoms with van der Waals surface area (Å²) >= 11 is 1.13. The Morgan fingerprint density at radius 2 is 2.08 bits per heavy atom. The largest absolute Gasteiger partial charge is 0.477 e. The maximum atomic E-state index is 10.6. The lowest BCUT2D eigenvalue weighted by atomic mass is 9.88. The molecule has 1 rings (SSSR count). The standard InChI is InChI=1S/C9H13NO2S/c1-9(2,3)5-4-6(8(11)12)13-7(5)10/h4H,10H2,1-3H3,(H,11,12). The van der Waals surface area contributed by atoms with Gasteiger partial charge in [0.1, 0.15) is 4.88 Å². The van der Waals surface area contributed by atoms with E-state index in [4.69, 9.17) is 10.8 Å². The fourth-order valence-corrected chi connectivity index (χ4v) is 2.07. The fraction of sp³-hybridized carbons (Fsp3) is 0.444. The second-order valence-corrected chi connectivity index (χ2v) is 5.03. The maximum absolute atomic E-state index is 10.6. The van der Waals surface area contributed by atoms with E-state index < -0.39 is 5.97 Å². The Bertz CT molecular complexity index is 336. The number of carboxylic acid groups (broad SMARTS) is 1. The second kappa shape index (κ2) is 3.03. The molecule has 3 nitrogen and oxygen atoms in total. The van der Waals surface area contributed by atoms with Crippen LogP contribution in [0.2, 0.25) is 0 Å². The summed E-state index contributed by atoms with van der Waals surface area (Å²) in [7, 11) is 0. The summed E-state index contributed by atoms with van der Waals surface area (Å²) < 4.78 is 0. The van der Waals surface area contributed by atoms with Gasteiger partial charge in [0.05, 0.1) is 5.00 Å². The number of carbonyl (C=O) groups is 1. The van der Waals surface area contributed by atoms with Gasteiger partial charge < -0.3 is 10.8 Å². The van der Waals surface area contributed by atoms with Crippen LogP contribution in [0.3, 0.4) is 0 Å². The van der Waals surface area contributed by atoms with Crippen molar-refractivity contribution in [2.24, 2.45) is 0 Å². The molecule has 72 valence electrons. The van der Waals surface area contributed by atoms with Gasteiger partial charge in [0.2, 0.25) is 0 Å². The fourth-order valence-electron chi connectivity index (χ4n) is 1.10. The van der Waals surface area contributed by atoms with Gasteiger partial charge in [-0.05, 0) is 17.0 Å². The topological polar surface area (TPSA) is 63.3 Å². The Hall–Kier alpha value is -1.03. The van der Waals surface area contributed by atoms with Crippen LogP contribution in [-0.4, -0.2) is 11.1 Å². The minimum Gasteiger partial charge on any atom is -0.477 e. The van der Waals surface area contributed by atoms with Crippen molar-refractivity contribution < 1.29 is 9.90 Å². The molecule has 0 atom stereocenters. The number of thiophene rings is 1. The summed E-state index contributed by atoms with van der Waals surface area (Å²) in [6.07, 6.45) is 0. The Morgan fingerprint density at radius 3 is 2.31 bits per heavy atom. The number of carboxylic acids is 1. The highest BCUT2D eigenvalue weighted by molar-refractivity contribution is 7.17. The molecule has 0 radical (unpaired) electrons. The van der Waals surface area contributed by atoms with Gasteiger partial charge in [-0.2, -0.15) is 0 Å². The summed E-state index contributed by atoms with van der Waals surface area (Å²) in [5.41, 5.74) is 6.54. The van der Waals surface area contributed by atoms with Gasteiger partial charge in [-0.15, -0.1) is 11.3 Å². The lowest BCUT2D eigenvalue weighted by molar-refractivity contribution is 0.0702. The third-order valence-electron chi connectivity index (χ3n) is 1.78. The second-order valence-electron chi connectivity index (χ2n) is 3.94. The molecule has 0 fully saturated rings. The summed E-state index contributed by atoms with van der Waals surface area (Å²) in [4.78, 5) is 11.0. The van der Waals surface area contributed by atoms with E-state index in [1.54, 1.807) is 6.07 Å². The highest BCUT2D eigenvalue weighted by atomic mass is 32.1. The zero-order valence-corrected chi connectivity index (χ0v) is 8.73. The van der Waals surface area contributed by atoms with Crippen molar-refractivity contribution in [3.63, 3.8) is 0 Å². The number of nitrogens with two attached hydrogens (primary N) is 1. The first-order valence-corrected chi connectivity index (χ1v) is 4.77. The Labute approximate surface area is 81.2 Å². The SMILES string of the molecule is CC(C)(C)c1cc(C(=O)O)sc1N. The molecule has 0 aromatic carbocycles. The molecule has 1 aromatic rings. The molecule has 0 aliphatic heterocycles. The van der Waals surface area contributed by atoms with E-state index in [1.165, 1.54) is 0 Å². The van der Waals surface area contributed by atoms with Gasteiger partial charge >= 0.3 is 5.97 Å². The Balaban J connectivity index is 3.18. The van der Waals surface area contributed by atoms with Crippen molar-refractivity contribution in [1.82, 2.24) is 0 Å². The van der Waals surface area contributed by atoms with Crippen molar-refractivity contribution >= 4 is 22.3 Å². The van der Waals surface area contributed by atoms with Crippen LogP contribution in [0.15, 0.2) is 6.07 Å². The molecule has 3 N–H and O–H groups in total. The quantitative estimate of drug-likeness (QED) is 0.729. The maximum Gasteiger partial charge on any atom is 0.345 e. The summed E-state index contributed by atoms with van der Waals surface area (Å²) in [5.74, 6) is -0.910. The molecule has 0 aliphatic rings. The number of anilines is 1. The molecule has 0 bridgehead atoms. The molecule has 0 saturated carbocycles. The number of hydrogen-bond acceptors (Lipinski definition) is 3. The monoisotopic (exact) mass is 199 g/mol. The van der Waals surface area contributed by atoms with Gasteiger partial charge in [-0.3, -0.25) is 0 Å². The molecule has 0 amide bonds. The van der Waals surface area contributed by atoms with Crippen molar-refractivity contribution in [3.8, 4) is 0 Å². The molecule has 0 aliphatic carbocycles. The third kappa shape index (κ3) is 2.01. The molecule has 0 unspecified atom stereocenters. The van der Waals surface area contributed by atoms with E-state index in [1.807, 2.05) is 20.8 Å². The third-order valence-corrected chi connectivity index (χ3v) is 2.73. The van der Waals surface area contributed by atoms with Crippen molar-refractivity contribution in [1.29, 1.82) is 0 Å². The number of aromatic carboxylic acids is 1. The zero-order valence-electron chi connectivity index (χ0n) is 7.92. The highest BCUT2D eigenvalue weighted by Crippen LogP contribution is 2.34. The number of nitrogen functional groups attached to an aromatic ring is 1.